The van der Waals surface area contributed by atoms with Crippen molar-refractivity contribution >= 4 is 52.1 Å². The molecular formula is C38H45N7O7S. The minimum absolute atomic E-state index is 0.0157. The third-order valence-corrected chi connectivity index (χ3v) is 10.8. The Labute approximate surface area is 311 Å². The highest BCUT2D eigenvalue weighted by Crippen LogP contribution is 2.45. The molecule has 15 heteroatoms. The van der Waals surface area contributed by atoms with E-state index in [1.54, 1.807) is 20.8 Å². The molecule has 5 amide bonds. The summed E-state index contributed by atoms with van der Waals surface area (Å²) in [7, 11) is 0. The standard InChI is InChI=1S/C38H45N7O7S/c1-37(2,3)52-36(50)41-27-14-7-5-4-6-11-23-20-38(23,35(49)44-43-31(46)22-16-17-22)42-32(47)28-19-24(21-45(28)34(27)48)51-33-30(29-15-10-18-53-29)39-25-12-8-9-13-26(25)40-33/h6,8-13,15,18,22-24,27-28H,4-5,7,14,16-17,19-21H2,1-3H3,(H,41,50)(H,42,47)(H,43,46)(H,44,49)/b11-6-/t23-,24-,27+,28+,38-/m1/s1. The van der Waals surface area contributed by atoms with Crippen molar-refractivity contribution in [2.24, 2.45) is 11.8 Å². The fourth-order valence-electron chi connectivity index (χ4n) is 6.91. The van der Waals surface area contributed by atoms with Crippen molar-refractivity contribution in [3.8, 4) is 16.5 Å². The van der Waals surface area contributed by atoms with E-state index < -0.39 is 53.1 Å². The summed E-state index contributed by atoms with van der Waals surface area (Å²) in [6.07, 6.45) is 6.80. The van der Waals surface area contributed by atoms with E-state index >= 15 is 0 Å². The van der Waals surface area contributed by atoms with Crippen LogP contribution in [0.2, 0.25) is 0 Å². The molecule has 4 heterocycles. The lowest BCUT2D eigenvalue weighted by Crippen LogP contribution is -2.59. The van der Waals surface area contributed by atoms with Crippen LogP contribution in [0.1, 0.15) is 72.1 Å². The van der Waals surface area contributed by atoms with Crippen molar-refractivity contribution in [3.63, 3.8) is 0 Å². The molecule has 14 nitrogen and oxygen atoms in total. The maximum atomic E-state index is 14.5. The number of hydrogen-bond donors (Lipinski definition) is 4. The van der Waals surface area contributed by atoms with Gasteiger partial charge in [0.1, 0.15) is 35.0 Å². The highest BCUT2D eigenvalue weighted by molar-refractivity contribution is 7.13. The predicted octanol–water partition coefficient (Wildman–Crippen LogP) is 4.16. The molecule has 53 heavy (non-hydrogen) atoms. The Morgan fingerprint density at radius 2 is 1.77 bits per heavy atom. The molecule has 3 fully saturated rings. The summed E-state index contributed by atoms with van der Waals surface area (Å²) in [5, 5.41) is 7.67. The molecule has 5 atom stereocenters. The van der Waals surface area contributed by atoms with E-state index in [1.165, 1.54) is 16.2 Å². The number of carbonyl (C=O) groups excluding carboxylic acids is 5. The van der Waals surface area contributed by atoms with Crippen LogP contribution in [0.15, 0.2) is 53.9 Å². The summed E-state index contributed by atoms with van der Waals surface area (Å²) in [5.74, 6) is -1.93. The normalized spacial score (nSPS) is 26.7. The van der Waals surface area contributed by atoms with Crippen LogP contribution in [0, 0.1) is 11.8 Å². The number of aromatic nitrogens is 2. The number of benzene rings is 1. The maximum absolute atomic E-state index is 14.5. The number of para-hydroxylation sites is 2. The maximum Gasteiger partial charge on any atom is 0.408 e. The average molecular weight is 744 g/mol. The van der Waals surface area contributed by atoms with Gasteiger partial charge in [0.25, 0.3) is 5.91 Å². The average Bonchev–Trinajstić information content (AvgIpc) is 3.97. The molecule has 4 aliphatic rings. The number of carbonyl (C=O) groups is 5. The van der Waals surface area contributed by atoms with Gasteiger partial charge in [-0.2, -0.15) is 0 Å². The molecule has 0 bridgehead atoms. The first kappa shape index (κ1) is 36.3. The zero-order chi connectivity index (χ0) is 37.3. The van der Waals surface area contributed by atoms with Gasteiger partial charge in [-0.15, -0.1) is 11.3 Å². The summed E-state index contributed by atoms with van der Waals surface area (Å²) >= 11 is 1.49. The summed E-state index contributed by atoms with van der Waals surface area (Å²) in [4.78, 5) is 79.8. The highest BCUT2D eigenvalue weighted by Gasteiger charge is 2.61. The number of rotatable bonds is 6. The van der Waals surface area contributed by atoms with E-state index in [-0.39, 0.29) is 36.6 Å². The van der Waals surface area contributed by atoms with Crippen molar-refractivity contribution in [1.29, 1.82) is 0 Å². The summed E-state index contributed by atoms with van der Waals surface area (Å²) < 4.78 is 12.1. The fourth-order valence-corrected chi connectivity index (χ4v) is 7.62. The molecule has 2 aromatic heterocycles. The first-order chi connectivity index (χ1) is 25.4. The molecule has 0 radical (unpaired) electrons. The first-order valence-corrected chi connectivity index (χ1v) is 19.1. The topological polar surface area (TPSA) is 181 Å². The van der Waals surface area contributed by atoms with Crippen LogP contribution >= 0.6 is 11.3 Å². The Bertz CT molecular complexity index is 1920. The number of hydrazine groups is 1. The molecule has 1 saturated heterocycles. The predicted molar refractivity (Wildman–Crippen MR) is 196 cm³/mol. The monoisotopic (exact) mass is 743 g/mol. The van der Waals surface area contributed by atoms with Gasteiger partial charge in [0.15, 0.2) is 0 Å². The Morgan fingerprint density at radius 1 is 1.00 bits per heavy atom. The van der Waals surface area contributed by atoms with E-state index in [0.29, 0.717) is 42.4 Å². The minimum atomic E-state index is -1.31. The van der Waals surface area contributed by atoms with Crippen molar-refractivity contribution in [2.75, 3.05) is 6.54 Å². The van der Waals surface area contributed by atoms with Crippen LogP contribution in [0.4, 0.5) is 4.79 Å². The molecule has 0 unspecified atom stereocenters. The Hall–Kier alpha value is -5.05. The zero-order valence-electron chi connectivity index (χ0n) is 30.1. The lowest BCUT2D eigenvalue weighted by Gasteiger charge is -2.30. The van der Waals surface area contributed by atoms with Crippen molar-refractivity contribution in [3.05, 3.63) is 53.9 Å². The third kappa shape index (κ3) is 8.29. The number of allylic oxidation sites excluding steroid dienone is 1. The van der Waals surface area contributed by atoms with Gasteiger partial charge >= 0.3 is 6.09 Å². The van der Waals surface area contributed by atoms with Gasteiger partial charge in [-0.1, -0.05) is 36.8 Å². The SMILES string of the molecule is CC(C)(C)OC(=O)N[C@H]1CCCC/C=C\[C@@H]2C[C@@]2(C(=O)NNC(=O)C2CC2)NC(=O)[C@@H]2C[C@@H](Oc3nc4ccccc4nc3-c3cccs3)CN2C1=O. The Balaban J connectivity index is 1.19. The van der Waals surface area contributed by atoms with Gasteiger partial charge < -0.3 is 25.0 Å². The number of fused-ring (bicyclic) bond motifs is 3. The molecule has 2 aliphatic heterocycles. The van der Waals surface area contributed by atoms with Crippen LogP contribution in [0.3, 0.4) is 0 Å². The number of hydrogen-bond acceptors (Lipinski definition) is 10. The number of nitrogens with one attached hydrogen (secondary N) is 4. The van der Waals surface area contributed by atoms with E-state index in [4.69, 9.17) is 19.4 Å². The van der Waals surface area contributed by atoms with Crippen molar-refractivity contribution < 1.29 is 33.4 Å². The van der Waals surface area contributed by atoms with E-state index in [0.717, 1.165) is 24.1 Å². The second-order valence-electron chi connectivity index (χ2n) is 15.2. The molecule has 2 aliphatic carbocycles. The molecule has 2 saturated carbocycles. The quantitative estimate of drug-likeness (QED) is 0.213. The molecule has 0 spiro atoms. The van der Waals surface area contributed by atoms with Crippen LogP contribution in [-0.4, -0.2) is 80.5 Å². The number of alkyl carbamates (subject to hydrolysis) is 1. The Morgan fingerprint density at radius 3 is 2.49 bits per heavy atom. The van der Waals surface area contributed by atoms with Crippen LogP contribution in [-0.2, 0) is 23.9 Å². The lowest BCUT2D eigenvalue weighted by atomic mass is 10.0. The summed E-state index contributed by atoms with van der Waals surface area (Å²) in [5.41, 5.74) is 4.81. The molecule has 1 aromatic carbocycles. The first-order valence-electron chi connectivity index (χ1n) is 18.3. The Kier molecular flexibility index (Phi) is 10.1. The summed E-state index contributed by atoms with van der Waals surface area (Å²) in [6, 6.07) is 9.27. The fraction of sp³-hybridized carbons (Fsp3) is 0.500. The van der Waals surface area contributed by atoms with Gasteiger partial charge in [0.05, 0.1) is 22.5 Å². The highest BCUT2D eigenvalue weighted by atomic mass is 32.1. The molecular weight excluding hydrogens is 699 g/mol. The third-order valence-electron chi connectivity index (χ3n) is 9.90. The lowest BCUT2D eigenvalue weighted by molar-refractivity contribution is -0.141. The van der Waals surface area contributed by atoms with Gasteiger partial charge in [-0.05, 0) is 82.9 Å². The second kappa shape index (κ2) is 14.8. The number of amides is 5. The number of nitrogens with zero attached hydrogens (tertiary/aromatic N) is 3. The van der Waals surface area contributed by atoms with Crippen LogP contribution in [0.5, 0.6) is 5.88 Å². The number of ether oxygens (including phenoxy) is 2. The van der Waals surface area contributed by atoms with Gasteiger partial charge in [-0.25, -0.2) is 14.8 Å². The number of thiophene rings is 1. The largest absolute Gasteiger partial charge is 0.471 e. The van der Waals surface area contributed by atoms with Gasteiger partial charge in [0.2, 0.25) is 23.6 Å². The van der Waals surface area contributed by atoms with E-state index in [9.17, 15) is 24.0 Å². The smallest absolute Gasteiger partial charge is 0.408 e. The second-order valence-corrected chi connectivity index (χ2v) is 16.2. The zero-order valence-corrected chi connectivity index (χ0v) is 30.9. The van der Waals surface area contributed by atoms with Crippen LogP contribution < -0.4 is 26.2 Å². The summed E-state index contributed by atoms with van der Waals surface area (Å²) in [6.45, 7) is 5.24. The van der Waals surface area contributed by atoms with E-state index in [1.807, 2.05) is 53.9 Å². The molecule has 7 rings (SSSR count). The molecule has 280 valence electrons. The van der Waals surface area contributed by atoms with E-state index in [2.05, 4.69) is 21.5 Å². The van der Waals surface area contributed by atoms with Gasteiger partial charge in [-0.3, -0.25) is 30.0 Å². The molecule has 4 N–H and O–H groups in total. The minimum Gasteiger partial charge on any atom is -0.471 e. The van der Waals surface area contributed by atoms with Crippen LogP contribution in [0.25, 0.3) is 21.6 Å². The van der Waals surface area contributed by atoms with Crippen molar-refractivity contribution in [2.45, 2.75) is 101 Å². The molecule has 3 aromatic rings. The van der Waals surface area contributed by atoms with Gasteiger partial charge in [0, 0.05) is 18.3 Å². The van der Waals surface area contributed by atoms with Crippen molar-refractivity contribution in [1.82, 2.24) is 36.4 Å².